The van der Waals surface area contributed by atoms with E-state index in [1.54, 1.807) is 0 Å². The quantitative estimate of drug-likeness (QED) is 0.236. The first-order valence-corrected chi connectivity index (χ1v) is 12.5. The van der Waals surface area contributed by atoms with Gasteiger partial charge < -0.3 is 5.32 Å². The molecule has 0 fully saturated rings. The van der Waals surface area contributed by atoms with Gasteiger partial charge in [-0.25, -0.2) is 30.6 Å². The SMILES string of the molecule is CC(F)(Nc1cc(F)cc(F)c1)C(F)(F)S(=O)(=O)NS(=N)(=O)c1ccc(S(=O)(=O)O)cc1. The Labute approximate surface area is 179 Å². The molecule has 2 unspecified atom stereocenters. The van der Waals surface area contributed by atoms with Crippen molar-refractivity contribution in [2.75, 3.05) is 5.32 Å². The van der Waals surface area contributed by atoms with Crippen molar-refractivity contribution >= 4 is 35.7 Å². The van der Waals surface area contributed by atoms with Crippen LogP contribution in [0.25, 0.3) is 0 Å². The van der Waals surface area contributed by atoms with Crippen molar-refractivity contribution in [3.05, 3.63) is 54.1 Å². The van der Waals surface area contributed by atoms with E-state index in [0.717, 1.165) is 4.13 Å². The maximum atomic E-state index is 14.7. The molecule has 0 saturated carbocycles. The number of rotatable bonds is 8. The van der Waals surface area contributed by atoms with Crippen LogP contribution in [0.4, 0.5) is 27.6 Å². The second-order valence-corrected chi connectivity index (χ2v) is 11.6. The van der Waals surface area contributed by atoms with Crippen LogP contribution in [0.5, 0.6) is 0 Å². The average Bonchev–Trinajstić information content (AvgIpc) is 2.58. The Kier molecular flexibility index (Phi) is 6.65. The van der Waals surface area contributed by atoms with Crippen molar-refractivity contribution < 1.29 is 47.5 Å². The van der Waals surface area contributed by atoms with Crippen LogP contribution in [-0.4, -0.2) is 36.6 Å². The van der Waals surface area contributed by atoms with Gasteiger partial charge in [0.2, 0.25) is 0 Å². The van der Waals surface area contributed by atoms with Crippen LogP contribution in [0, 0.1) is 16.4 Å². The lowest BCUT2D eigenvalue weighted by atomic mass is 10.2. The number of halogens is 5. The van der Waals surface area contributed by atoms with Gasteiger partial charge in [-0.05, 0) is 43.3 Å². The highest BCUT2D eigenvalue weighted by Crippen LogP contribution is 2.38. The molecule has 0 amide bonds. The van der Waals surface area contributed by atoms with Crippen molar-refractivity contribution in [1.29, 1.82) is 4.78 Å². The van der Waals surface area contributed by atoms with Gasteiger partial charge in [-0.3, -0.25) is 4.55 Å². The molecule has 9 nitrogen and oxygen atoms in total. The molecule has 0 aromatic heterocycles. The molecule has 2 aromatic carbocycles. The van der Waals surface area contributed by atoms with Crippen LogP contribution in [-0.2, 0) is 30.1 Å². The molecule has 0 aliphatic carbocycles. The number of sulfonamides is 1. The Balaban J connectivity index is 2.37. The third kappa shape index (κ3) is 5.34. The fraction of sp³-hybridized carbons (Fsp3) is 0.200. The summed E-state index contributed by atoms with van der Waals surface area (Å²) in [6.07, 6.45) is 0. The third-order valence-electron chi connectivity index (χ3n) is 3.81. The van der Waals surface area contributed by atoms with Crippen molar-refractivity contribution in [3.63, 3.8) is 0 Å². The summed E-state index contributed by atoms with van der Waals surface area (Å²) in [5.74, 6) is -6.78. The summed E-state index contributed by atoms with van der Waals surface area (Å²) in [5.41, 5.74) is -0.880. The number of anilines is 1. The molecule has 0 bridgehead atoms. The zero-order chi connectivity index (χ0) is 24.8. The molecular formula is C15H14F5N3O6S3. The molecule has 0 radical (unpaired) electrons. The summed E-state index contributed by atoms with van der Waals surface area (Å²) in [4.78, 5) is -1.53. The van der Waals surface area contributed by atoms with Crippen molar-refractivity contribution in [3.8, 4) is 0 Å². The first-order chi connectivity index (χ1) is 14.3. The van der Waals surface area contributed by atoms with E-state index in [4.69, 9.17) is 9.33 Å². The highest BCUT2D eigenvalue weighted by molar-refractivity contribution is 8.05. The van der Waals surface area contributed by atoms with Gasteiger partial charge in [-0.2, -0.15) is 17.2 Å². The normalized spacial score (nSPS) is 16.7. The largest absolute Gasteiger partial charge is 0.410 e. The van der Waals surface area contributed by atoms with Gasteiger partial charge in [0.15, 0.2) is 0 Å². The number of benzene rings is 2. The molecule has 2 aromatic rings. The van der Waals surface area contributed by atoms with Crippen molar-refractivity contribution in [2.45, 2.75) is 27.8 Å². The van der Waals surface area contributed by atoms with Gasteiger partial charge in [0.05, 0.1) is 9.79 Å². The average molecular weight is 523 g/mol. The van der Waals surface area contributed by atoms with Crippen LogP contribution in [0.1, 0.15) is 6.92 Å². The molecule has 178 valence electrons. The Morgan fingerprint density at radius 2 is 1.31 bits per heavy atom. The molecule has 2 atom stereocenters. The fourth-order valence-electron chi connectivity index (χ4n) is 2.28. The van der Waals surface area contributed by atoms with Gasteiger partial charge in [0, 0.05) is 11.8 Å². The molecule has 32 heavy (non-hydrogen) atoms. The Bertz CT molecular complexity index is 1330. The predicted octanol–water partition coefficient (Wildman–Crippen LogP) is 2.84. The minimum atomic E-state index is -6.24. The van der Waals surface area contributed by atoms with E-state index in [1.807, 2.05) is 0 Å². The van der Waals surface area contributed by atoms with Crippen LogP contribution in [0.2, 0.25) is 0 Å². The maximum absolute atomic E-state index is 14.7. The molecule has 0 spiro atoms. The van der Waals surface area contributed by atoms with E-state index in [0.29, 0.717) is 42.5 Å². The zero-order valence-corrected chi connectivity index (χ0v) is 18.1. The van der Waals surface area contributed by atoms with E-state index in [-0.39, 0.29) is 6.92 Å². The summed E-state index contributed by atoms with van der Waals surface area (Å²) in [5, 5.41) is -4.11. The summed E-state index contributed by atoms with van der Waals surface area (Å²) in [7, 11) is -15.8. The minimum Gasteiger partial charge on any atom is -0.348 e. The maximum Gasteiger partial charge on any atom is 0.410 e. The Morgan fingerprint density at radius 1 is 0.875 bits per heavy atom. The van der Waals surface area contributed by atoms with E-state index in [1.165, 1.54) is 5.32 Å². The third-order valence-corrected chi connectivity index (χ3v) is 8.49. The van der Waals surface area contributed by atoms with Crippen LogP contribution in [0.3, 0.4) is 0 Å². The summed E-state index contributed by atoms with van der Waals surface area (Å²) in [6, 6.07) is 3.58. The van der Waals surface area contributed by atoms with Crippen LogP contribution < -0.4 is 9.44 Å². The molecular weight excluding hydrogens is 509 g/mol. The first kappa shape index (κ1) is 25.9. The second kappa shape index (κ2) is 8.22. The molecule has 0 saturated heterocycles. The van der Waals surface area contributed by atoms with Crippen LogP contribution in [0.15, 0.2) is 52.3 Å². The number of hydrogen-bond acceptors (Lipinski definition) is 7. The molecule has 0 aliphatic heterocycles. The van der Waals surface area contributed by atoms with Crippen LogP contribution >= 0.6 is 0 Å². The van der Waals surface area contributed by atoms with Crippen molar-refractivity contribution in [1.82, 2.24) is 4.13 Å². The predicted molar refractivity (Wildman–Crippen MR) is 102 cm³/mol. The molecule has 17 heteroatoms. The lowest BCUT2D eigenvalue weighted by Gasteiger charge is -2.31. The number of hydrogen-bond donors (Lipinski definition) is 4. The van der Waals surface area contributed by atoms with Gasteiger partial charge >= 0.3 is 5.25 Å². The fourth-order valence-corrected chi connectivity index (χ4v) is 5.87. The van der Waals surface area contributed by atoms with E-state index < -0.39 is 68.2 Å². The summed E-state index contributed by atoms with van der Waals surface area (Å²) in [6.45, 7) is 0.0295. The Hall–Kier alpha value is -2.34. The summed E-state index contributed by atoms with van der Waals surface area (Å²) >= 11 is 0. The molecule has 0 heterocycles. The lowest BCUT2D eigenvalue weighted by molar-refractivity contribution is -0.0438. The topological polar surface area (TPSA) is 153 Å². The molecule has 0 aliphatic rings. The zero-order valence-electron chi connectivity index (χ0n) is 15.6. The number of nitrogens with one attached hydrogen (secondary N) is 3. The van der Waals surface area contributed by atoms with Gasteiger partial charge in [0.25, 0.3) is 25.9 Å². The van der Waals surface area contributed by atoms with Gasteiger partial charge in [-0.1, -0.05) is 0 Å². The Morgan fingerprint density at radius 3 is 1.75 bits per heavy atom. The molecule has 4 N–H and O–H groups in total. The standard InChI is InChI=1S/C15H14F5N3O6S3/c1-14(18,22-11-7-9(16)6-10(17)8-11)15(19,20)32(28,29)23-30(21,24)12-2-4-13(5-3-12)31(25,26)27/h2-8,22H,1H3,(H2,21,23,24)(H,25,26,27). The lowest BCUT2D eigenvalue weighted by Crippen LogP contribution is -2.57. The molecule has 2 rings (SSSR count). The van der Waals surface area contributed by atoms with Crippen molar-refractivity contribution in [2.24, 2.45) is 0 Å². The van der Waals surface area contributed by atoms with E-state index in [9.17, 15) is 43.0 Å². The number of alkyl halides is 3. The van der Waals surface area contributed by atoms with E-state index in [2.05, 4.69) is 0 Å². The van der Waals surface area contributed by atoms with E-state index >= 15 is 0 Å². The highest BCUT2D eigenvalue weighted by Gasteiger charge is 2.62. The minimum absolute atomic E-state index is 0.0295. The highest BCUT2D eigenvalue weighted by atomic mass is 32.3. The second-order valence-electron chi connectivity index (χ2n) is 6.39. The smallest absolute Gasteiger partial charge is 0.348 e. The van der Waals surface area contributed by atoms with Gasteiger partial charge in [0.1, 0.15) is 21.5 Å². The van der Waals surface area contributed by atoms with Gasteiger partial charge in [-0.15, -0.1) is 4.13 Å². The monoisotopic (exact) mass is 523 g/mol. The summed E-state index contributed by atoms with van der Waals surface area (Å²) < 4.78 is 146. The first-order valence-electron chi connectivity index (χ1n) is 7.99.